The summed E-state index contributed by atoms with van der Waals surface area (Å²) in [6.45, 7) is 5.04. The number of rotatable bonds is 8. The molecule has 1 fully saturated rings. The van der Waals surface area contributed by atoms with Crippen LogP contribution in [0.15, 0.2) is 113 Å². The Hall–Kier alpha value is -4.54. The Kier molecular flexibility index (Phi) is 7.73. The third-order valence-electron chi connectivity index (χ3n) is 7.49. The number of aromatic nitrogens is 3. The number of nitrogens with one attached hydrogen (secondary N) is 1. The van der Waals surface area contributed by atoms with Gasteiger partial charge in [0.15, 0.2) is 5.11 Å². The Morgan fingerprint density at radius 2 is 1.71 bits per heavy atom. The maximum Gasteiger partial charge on any atom is 0.269 e. The van der Waals surface area contributed by atoms with Gasteiger partial charge in [0.2, 0.25) is 0 Å². The normalized spacial score (nSPS) is 16.4. The summed E-state index contributed by atoms with van der Waals surface area (Å²) < 4.78 is 2.32. The van der Waals surface area contributed by atoms with Gasteiger partial charge in [-0.3, -0.25) is 20.1 Å². The van der Waals surface area contributed by atoms with Crippen molar-refractivity contribution in [3.8, 4) is 0 Å². The molecule has 2 unspecified atom stereocenters. The van der Waals surface area contributed by atoms with E-state index in [0.29, 0.717) is 5.11 Å². The Morgan fingerprint density at radius 1 is 0.976 bits per heavy atom. The first-order valence-electron chi connectivity index (χ1n) is 13.5. The molecule has 1 saturated heterocycles. The van der Waals surface area contributed by atoms with E-state index in [1.807, 2.05) is 36.7 Å². The van der Waals surface area contributed by atoms with Crippen LogP contribution in [0.5, 0.6) is 0 Å². The summed E-state index contributed by atoms with van der Waals surface area (Å²) in [4.78, 5) is 23.7. The fourth-order valence-electron chi connectivity index (χ4n) is 5.44. The molecule has 2 aromatic carbocycles. The van der Waals surface area contributed by atoms with Gasteiger partial charge in [-0.25, -0.2) is 0 Å². The van der Waals surface area contributed by atoms with Crippen LogP contribution in [-0.2, 0) is 6.54 Å². The summed E-state index contributed by atoms with van der Waals surface area (Å²) in [5.74, 6) is 0. The van der Waals surface area contributed by atoms with Crippen LogP contribution in [0.1, 0.15) is 40.3 Å². The summed E-state index contributed by atoms with van der Waals surface area (Å²) in [5.41, 5.74) is 6.64. The molecule has 3 aromatic heterocycles. The van der Waals surface area contributed by atoms with E-state index in [9.17, 15) is 10.1 Å². The van der Waals surface area contributed by atoms with Crippen LogP contribution < -0.4 is 10.2 Å². The minimum atomic E-state index is -0.388. The van der Waals surface area contributed by atoms with E-state index in [1.54, 1.807) is 30.1 Å². The van der Waals surface area contributed by atoms with Crippen LogP contribution in [-0.4, -0.2) is 24.6 Å². The van der Waals surface area contributed by atoms with Crippen molar-refractivity contribution in [2.75, 3.05) is 4.90 Å². The van der Waals surface area contributed by atoms with E-state index in [-0.39, 0.29) is 22.7 Å². The monoisotopic (exact) mass is 592 g/mol. The predicted molar refractivity (Wildman–Crippen MR) is 169 cm³/mol. The summed E-state index contributed by atoms with van der Waals surface area (Å²) in [5, 5.41) is 15.2. The maximum atomic E-state index is 11.0. The number of benzene rings is 2. The van der Waals surface area contributed by atoms with Crippen LogP contribution in [0.2, 0.25) is 0 Å². The zero-order valence-corrected chi connectivity index (χ0v) is 24.7. The standard InChI is InChI=1S/C32H28N6O2S2/c1-21-18-28(22(2)36(21)20-23-6-5-16-33-19-23)31-30(29-7-3-4-17-34-29)35-32(41)37(31)24-8-12-26(13-9-24)42-27-14-10-25(11-15-27)38(39)40/h3-19,30-31H,20H2,1-2H3,(H,35,41). The van der Waals surface area contributed by atoms with E-state index in [2.05, 4.69) is 70.0 Å². The van der Waals surface area contributed by atoms with E-state index in [4.69, 9.17) is 17.2 Å². The Labute approximate surface area is 253 Å². The molecule has 1 aliphatic heterocycles. The second-order valence-electron chi connectivity index (χ2n) is 10.1. The van der Waals surface area contributed by atoms with Gasteiger partial charge in [-0.2, -0.15) is 0 Å². The van der Waals surface area contributed by atoms with Gasteiger partial charge in [0, 0.05) is 64.1 Å². The van der Waals surface area contributed by atoms with Gasteiger partial charge in [0.25, 0.3) is 5.69 Å². The molecule has 0 aliphatic carbocycles. The largest absolute Gasteiger partial charge is 0.351 e. The van der Waals surface area contributed by atoms with Crippen molar-refractivity contribution in [2.45, 2.75) is 42.3 Å². The fraction of sp³-hybridized carbons (Fsp3) is 0.156. The number of pyridine rings is 2. The lowest BCUT2D eigenvalue weighted by atomic mass is 9.96. The number of nitro groups is 1. The third-order valence-corrected chi connectivity index (χ3v) is 8.82. The van der Waals surface area contributed by atoms with E-state index >= 15 is 0 Å². The third kappa shape index (κ3) is 5.50. The zero-order valence-electron chi connectivity index (χ0n) is 23.0. The van der Waals surface area contributed by atoms with Gasteiger partial charge in [0.05, 0.1) is 22.7 Å². The highest BCUT2D eigenvalue weighted by molar-refractivity contribution is 7.99. The smallest absolute Gasteiger partial charge is 0.269 e. The lowest BCUT2D eigenvalue weighted by Crippen LogP contribution is -2.29. The van der Waals surface area contributed by atoms with Crippen molar-refractivity contribution >= 4 is 40.5 Å². The summed E-state index contributed by atoms with van der Waals surface area (Å²) in [6, 6.07) is 26.9. The Morgan fingerprint density at radius 3 is 2.36 bits per heavy atom. The van der Waals surface area contributed by atoms with Gasteiger partial charge in [0.1, 0.15) is 0 Å². The van der Waals surface area contributed by atoms with Gasteiger partial charge < -0.3 is 14.8 Å². The molecule has 4 heterocycles. The van der Waals surface area contributed by atoms with Crippen molar-refractivity contribution in [3.05, 3.63) is 142 Å². The number of nitro benzene ring substituents is 1. The van der Waals surface area contributed by atoms with Crippen LogP contribution in [0, 0.1) is 24.0 Å². The van der Waals surface area contributed by atoms with E-state index < -0.39 is 0 Å². The maximum absolute atomic E-state index is 11.0. The van der Waals surface area contributed by atoms with Crippen LogP contribution >= 0.6 is 24.0 Å². The molecule has 8 nitrogen and oxygen atoms in total. The molecule has 0 amide bonds. The molecule has 2 atom stereocenters. The molecule has 0 radical (unpaired) electrons. The molecule has 6 rings (SSSR count). The molecule has 42 heavy (non-hydrogen) atoms. The van der Waals surface area contributed by atoms with Crippen molar-refractivity contribution in [1.29, 1.82) is 0 Å². The van der Waals surface area contributed by atoms with Gasteiger partial charge in [-0.1, -0.05) is 23.9 Å². The number of hydrogen-bond acceptors (Lipinski definition) is 6. The number of non-ortho nitro benzene ring substituents is 1. The average Bonchev–Trinajstić information content (AvgIpc) is 3.49. The molecule has 0 saturated carbocycles. The first kappa shape index (κ1) is 27.6. The zero-order chi connectivity index (χ0) is 29.2. The minimum Gasteiger partial charge on any atom is -0.351 e. The number of hydrogen-bond donors (Lipinski definition) is 1. The van der Waals surface area contributed by atoms with E-state index in [1.165, 1.54) is 29.1 Å². The lowest BCUT2D eigenvalue weighted by Gasteiger charge is -2.28. The van der Waals surface area contributed by atoms with Crippen LogP contribution in [0.4, 0.5) is 11.4 Å². The molecule has 5 aromatic rings. The highest BCUT2D eigenvalue weighted by Gasteiger charge is 2.42. The van der Waals surface area contributed by atoms with E-state index in [0.717, 1.165) is 33.3 Å². The fourth-order valence-corrected chi connectivity index (χ4v) is 6.60. The van der Waals surface area contributed by atoms with Gasteiger partial charge in [-0.05, 0) is 97.9 Å². The first-order chi connectivity index (χ1) is 20.4. The van der Waals surface area contributed by atoms with Crippen molar-refractivity contribution in [3.63, 3.8) is 0 Å². The predicted octanol–water partition coefficient (Wildman–Crippen LogP) is 7.18. The SMILES string of the molecule is Cc1cc(C2C(c3ccccn3)NC(=S)N2c2ccc(Sc3ccc([N+](=O)[O-])cc3)cc2)c(C)n1Cc1cccnc1. The van der Waals surface area contributed by atoms with Gasteiger partial charge in [-0.15, -0.1) is 0 Å². The summed E-state index contributed by atoms with van der Waals surface area (Å²) >= 11 is 7.50. The van der Waals surface area contributed by atoms with Crippen molar-refractivity contribution in [1.82, 2.24) is 19.9 Å². The Balaban J connectivity index is 1.34. The molecule has 210 valence electrons. The molecule has 0 spiro atoms. The lowest BCUT2D eigenvalue weighted by molar-refractivity contribution is -0.384. The molecular weight excluding hydrogens is 565 g/mol. The molecule has 10 heteroatoms. The second-order valence-corrected chi connectivity index (χ2v) is 11.7. The van der Waals surface area contributed by atoms with Crippen molar-refractivity contribution in [2.24, 2.45) is 0 Å². The van der Waals surface area contributed by atoms with Crippen molar-refractivity contribution < 1.29 is 4.92 Å². The van der Waals surface area contributed by atoms with Gasteiger partial charge >= 0.3 is 0 Å². The first-order valence-corrected chi connectivity index (χ1v) is 14.7. The highest BCUT2D eigenvalue weighted by Crippen LogP contribution is 2.44. The number of aryl methyl sites for hydroxylation is 1. The average molecular weight is 593 g/mol. The molecule has 0 bridgehead atoms. The topological polar surface area (TPSA) is 89.1 Å². The molecule has 1 aliphatic rings. The summed E-state index contributed by atoms with van der Waals surface area (Å²) in [6.07, 6.45) is 5.51. The number of nitrogens with zero attached hydrogens (tertiary/aromatic N) is 5. The number of thiocarbonyl (C=S) groups is 1. The quantitative estimate of drug-likeness (QED) is 0.115. The number of anilines is 1. The molecular formula is C32H28N6O2S2. The van der Waals surface area contributed by atoms with Crippen LogP contribution in [0.3, 0.4) is 0 Å². The Bertz CT molecular complexity index is 1730. The molecule has 1 N–H and O–H groups in total. The van der Waals surface area contributed by atoms with Crippen LogP contribution in [0.25, 0.3) is 0 Å². The summed E-state index contributed by atoms with van der Waals surface area (Å²) in [7, 11) is 0. The minimum absolute atomic E-state index is 0.0815. The highest BCUT2D eigenvalue weighted by atomic mass is 32.2. The second kappa shape index (κ2) is 11.8.